The fraction of sp³-hybridized carbons (Fsp3) is 0.900. The van der Waals surface area contributed by atoms with Gasteiger partial charge in [-0.1, -0.05) is 5.16 Å². The van der Waals surface area contributed by atoms with Crippen molar-refractivity contribution in [3.8, 4) is 0 Å². The Morgan fingerprint density at radius 2 is 2.27 bits per heavy atom. The zero-order chi connectivity index (χ0) is 10.7. The number of rotatable bonds is 5. The van der Waals surface area contributed by atoms with E-state index in [1.807, 2.05) is 0 Å². The van der Waals surface area contributed by atoms with Crippen LogP contribution in [-0.4, -0.2) is 36.3 Å². The number of oxime groups is 1. The van der Waals surface area contributed by atoms with E-state index >= 15 is 0 Å². The molecule has 0 amide bonds. The number of nitrogens with two attached hydrogens (primary N) is 1. The van der Waals surface area contributed by atoms with Gasteiger partial charge in [-0.15, -0.1) is 0 Å². The van der Waals surface area contributed by atoms with Gasteiger partial charge in [0, 0.05) is 25.6 Å². The summed E-state index contributed by atoms with van der Waals surface area (Å²) in [7, 11) is 0. The van der Waals surface area contributed by atoms with E-state index in [4.69, 9.17) is 15.7 Å². The average molecular weight is 213 g/mol. The molecule has 1 aliphatic heterocycles. The van der Waals surface area contributed by atoms with Gasteiger partial charge in [-0.2, -0.15) is 0 Å². The topological polar surface area (TPSA) is 79.9 Å². The fourth-order valence-corrected chi connectivity index (χ4v) is 2.15. The lowest BCUT2D eigenvalue weighted by atomic mass is 10.1. The Bertz CT molecular complexity index is 241. The third-order valence-electron chi connectivity index (χ3n) is 3.14. The van der Waals surface area contributed by atoms with Gasteiger partial charge >= 0.3 is 0 Å². The third-order valence-corrected chi connectivity index (χ3v) is 3.14. The lowest BCUT2D eigenvalue weighted by molar-refractivity contribution is 0.0813. The first-order valence-electron chi connectivity index (χ1n) is 5.62. The number of hydrogen-bond acceptors (Lipinski definition) is 4. The molecule has 4 N–H and O–H groups in total. The summed E-state index contributed by atoms with van der Waals surface area (Å²) in [6.45, 7) is 1.62. The minimum absolute atomic E-state index is 0.282. The monoisotopic (exact) mass is 213 g/mol. The summed E-state index contributed by atoms with van der Waals surface area (Å²) in [5.41, 5.74) is 5.39. The first-order valence-corrected chi connectivity index (χ1v) is 5.62. The Labute approximate surface area is 89.7 Å². The van der Waals surface area contributed by atoms with Crippen LogP contribution in [-0.2, 0) is 4.74 Å². The zero-order valence-corrected chi connectivity index (χ0v) is 8.85. The van der Waals surface area contributed by atoms with Crippen LogP contribution in [0.2, 0.25) is 0 Å². The quantitative estimate of drug-likeness (QED) is 0.265. The molecule has 0 bridgehead atoms. The molecule has 1 saturated carbocycles. The van der Waals surface area contributed by atoms with Gasteiger partial charge in [0.05, 0.1) is 6.10 Å². The number of ether oxygens (including phenoxy) is 1. The van der Waals surface area contributed by atoms with Gasteiger partial charge < -0.3 is 21.0 Å². The lowest BCUT2D eigenvalue weighted by Crippen LogP contribution is -2.39. The van der Waals surface area contributed by atoms with Crippen LogP contribution < -0.4 is 11.1 Å². The summed E-state index contributed by atoms with van der Waals surface area (Å²) in [4.78, 5) is 0. The standard InChI is InChI=1S/C10H19N3O2/c11-9(13-14)3-5-12-8-4-6-15-10(8)7-1-2-7/h7-8,10,12,14H,1-6H2,(H2,11,13). The summed E-state index contributed by atoms with van der Waals surface area (Å²) < 4.78 is 5.70. The van der Waals surface area contributed by atoms with E-state index in [0.29, 0.717) is 18.6 Å². The molecule has 2 fully saturated rings. The summed E-state index contributed by atoms with van der Waals surface area (Å²) in [5.74, 6) is 1.05. The third kappa shape index (κ3) is 2.82. The smallest absolute Gasteiger partial charge is 0.140 e. The number of nitrogens with one attached hydrogen (secondary N) is 1. The van der Waals surface area contributed by atoms with Crippen LogP contribution in [0.3, 0.4) is 0 Å². The first-order chi connectivity index (χ1) is 7.31. The van der Waals surface area contributed by atoms with Crippen molar-refractivity contribution >= 4 is 5.84 Å². The molecule has 0 spiro atoms. The summed E-state index contributed by atoms with van der Waals surface area (Å²) in [6, 6.07) is 0.462. The van der Waals surface area contributed by atoms with Crippen LogP contribution in [0.25, 0.3) is 0 Å². The Balaban J connectivity index is 1.69. The summed E-state index contributed by atoms with van der Waals surface area (Å²) >= 11 is 0. The second kappa shape index (κ2) is 4.81. The van der Waals surface area contributed by atoms with Crippen LogP contribution >= 0.6 is 0 Å². The number of hydrogen-bond donors (Lipinski definition) is 3. The van der Waals surface area contributed by atoms with Crippen molar-refractivity contribution in [3.05, 3.63) is 0 Å². The van der Waals surface area contributed by atoms with Crippen molar-refractivity contribution < 1.29 is 9.94 Å². The highest BCUT2D eigenvalue weighted by Gasteiger charge is 2.40. The van der Waals surface area contributed by atoms with E-state index in [9.17, 15) is 0 Å². The molecule has 0 radical (unpaired) electrons. The van der Waals surface area contributed by atoms with Crippen LogP contribution in [0.15, 0.2) is 5.16 Å². The van der Waals surface area contributed by atoms with E-state index < -0.39 is 0 Å². The van der Waals surface area contributed by atoms with Crippen molar-refractivity contribution in [2.24, 2.45) is 16.8 Å². The van der Waals surface area contributed by atoms with E-state index in [-0.39, 0.29) is 5.84 Å². The highest BCUT2D eigenvalue weighted by atomic mass is 16.5. The van der Waals surface area contributed by atoms with Crippen molar-refractivity contribution in [1.82, 2.24) is 5.32 Å². The lowest BCUT2D eigenvalue weighted by Gasteiger charge is -2.19. The molecule has 2 rings (SSSR count). The summed E-state index contributed by atoms with van der Waals surface area (Å²) in [5, 5.41) is 14.8. The molecule has 1 aliphatic carbocycles. The predicted molar refractivity (Wildman–Crippen MR) is 56.9 cm³/mol. The van der Waals surface area contributed by atoms with Crippen molar-refractivity contribution in [1.29, 1.82) is 0 Å². The van der Waals surface area contributed by atoms with Crippen LogP contribution in [0.4, 0.5) is 0 Å². The second-order valence-corrected chi connectivity index (χ2v) is 4.36. The zero-order valence-electron chi connectivity index (χ0n) is 8.85. The van der Waals surface area contributed by atoms with Crippen molar-refractivity contribution in [2.45, 2.75) is 37.8 Å². The van der Waals surface area contributed by atoms with Gasteiger partial charge in [-0.05, 0) is 25.2 Å². The van der Waals surface area contributed by atoms with E-state index in [2.05, 4.69) is 10.5 Å². The van der Waals surface area contributed by atoms with Crippen LogP contribution in [0.1, 0.15) is 25.7 Å². The van der Waals surface area contributed by atoms with E-state index in [1.165, 1.54) is 12.8 Å². The highest BCUT2D eigenvalue weighted by molar-refractivity contribution is 5.79. The molecule has 2 aliphatic rings. The Morgan fingerprint density at radius 1 is 1.47 bits per heavy atom. The van der Waals surface area contributed by atoms with Crippen LogP contribution in [0.5, 0.6) is 0 Å². The highest BCUT2D eigenvalue weighted by Crippen LogP contribution is 2.38. The first kappa shape index (κ1) is 10.7. The van der Waals surface area contributed by atoms with Gasteiger partial charge in [0.25, 0.3) is 0 Å². The van der Waals surface area contributed by atoms with Crippen LogP contribution in [0, 0.1) is 5.92 Å². The molecule has 1 saturated heterocycles. The molecular weight excluding hydrogens is 194 g/mol. The molecule has 15 heavy (non-hydrogen) atoms. The SMILES string of the molecule is NC(CCNC1CCOC1C1CC1)=NO. The van der Waals surface area contributed by atoms with Gasteiger partial charge in [-0.25, -0.2) is 0 Å². The van der Waals surface area contributed by atoms with E-state index in [0.717, 1.165) is 25.5 Å². The molecule has 0 aromatic heterocycles. The van der Waals surface area contributed by atoms with Crippen molar-refractivity contribution in [3.63, 3.8) is 0 Å². The molecule has 0 aromatic carbocycles. The van der Waals surface area contributed by atoms with Gasteiger partial charge in [-0.3, -0.25) is 0 Å². The predicted octanol–water partition coefficient (Wildman–Crippen LogP) is 0.280. The maximum atomic E-state index is 8.39. The molecule has 1 heterocycles. The van der Waals surface area contributed by atoms with E-state index in [1.54, 1.807) is 0 Å². The normalized spacial score (nSPS) is 32.1. The average Bonchev–Trinajstić information content (AvgIpc) is 2.99. The molecule has 2 atom stereocenters. The second-order valence-electron chi connectivity index (χ2n) is 4.36. The Hall–Kier alpha value is -0.810. The maximum Gasteiger partial charge on any atom is 0.140 e. The summed E-state index contributed by atoms with van der Waals surface area (Å²) in [6.07, 6.45) is 4.69. The molecule has 5 heteroatoms. The van der Waals surface area contributed by atoms with Crippen molar-refractivity contribution in [2.75, 3.05) is 13.2 Å². The number of nitrogens with zero attached hydrogens (tertiary/aromatic N) is 1. The molecule has 2 unspecified atom stereocenters. The largest absolute Gasteiger partial charge is 0.409 e. The fourth-order valence-electron chi connectivity index (χ4n) is 2.15. The Kier molecular flexibility index (Phi) is 3.43. The van der Waals surface area contributed by atoms with Gasteiger partial charge in [0.1, 0.15) is 5.84 Å². The molecular formula is C10H19N3O2. The molecule has 86 valence electrons. The van der Waals surface area contributed by atoms with Gasteiger partial charge in [0.2, 0.25) is 0 Å². The Morgan fingerprint density at radius 3 is 2.93 bits per heavy atom. The molecule has 0 aromatic rings. The molecule has 5 nitrogen and oxygen atoms in total. The minimum atomic E-state index is 0.282. The van der Waals surface area contributed by atoms with Gasteiger partial charge in [0.15, 0.2) is 0 Å². The number of amidine groups is 1. The minimum Gasteiger partial charge on any atom is -0.409 e. The maximum absolute atomic E-state index is 8.39.